The van der Waals surface area contributed by atoms with Crippen LogP contribution in [-0.4, -0.2) is 9.13 Å². The lowest BCUT2D eigenvalue weighted by molar-refractivity contribution is 1.17. The van der Waals surface area contributed by atoms with Crippen LogP contribution in [0.4, 0.5) is 0 Å². The molecule has 0 unspecified atom stereocenters. The third kappa shape index (κ3) is 5.56. The lowest BCUT2D eigenvalue weighted by atomic mass is 9.79. The van der Waals surface area contributed by atoms with Crippen molar-refractivity contribution < 1.29 is 0 Å². The molecule has 2 aromatic heterocycles. The van der Waals surface area contributed by atoms with Gasteiger partial charge in [0.1, 0.15) is 0 Å². The third-order valence-corrected chi connectivity index (χ3v) is 15.1. The van der Waals surface area contributed by atoms with Gasteiger partial charge < -0.3 is 9.13 Å². The summed E-state index contributed by atoms with van der Waals surface area (Å²) in [7, 11) is 0. The number of benzene rings is 12. The maximum absolute atomic E-state index is 2.46. The van der Waals surface area contributed by atoms with Gasteiger partial charge >= 0.3 is 0 Å². The van der Waals surface area contributed by atoms with Crippen molar-refractivity contribution in [1.82, 2.24) is 9.13 Å². The first-order chi connectivity index (χ1) is 34.8. The van der Waals surface area contributed by atoms with E-state index in [1.807, 2.05) is 0 Å². The zero-order valence-corrected chi connectivity index (χ0v) is 38.1. The number of aromatic nitrogens is 2. The van der Waals surface area contributed by atoms with Crippen LogP contribution < -0.4 is 0 Å². The molecule has 0 spiro atoms. The fourth-order valence-corrected chi connectivity index (χ4v) is 12.2. The lowest BCUT2D eigenvalue weighted by Gasteiger charge is -2.24. The van der Waals surface area contributed by atoms with Gasteiger partial charge in [-0.2, -0.15) is 0 Å². The molecule has 0 aliphatic heterocycles. The topological polar surface area (TPSA) is 9.86 Å². The normalized spacial score (nSPS) is 12.0. The summed E-state index contributed by atoms with van der Waals surface area (Å²) in [6, 6.07) is 94.4. The van der Waals surface area contributed by atoms with Crippen LogP contribution in [0.1, 0.15) is 0 Å². The van der Waals surface area contributed by atoms with E-state index < -0.39 is 0 Å². The van der Waals surface area contributed by atoms with Gasteiger partial charge in [0.25, 0.3) is 0 Å². The van der Waals surface area contributed by atoms with E-state index in [0.29, 0.717) is 0 Å². The first-order valence-electron chi connectivity index (χ1n) is 24.3. The Balaban J connectivity index is 0.915. The van der Waals surface area contributed by atoms with Crippen molar-refractivity contribution >= 4 is 65.2 Å². The maximum atomic E-state index is 2.46. The molecule has 1 aliphatic carbocycles. The third-order valence-electron chi connectivity index (χ3n) is 15.1. The number of fused-ring (bicyclic) bond motifs is 17. The van der Waals surface area contributed by atoms with E-state index in [1.165, 1.54) is 132 Å². The zero-order valence-electron chi connectivity index (χ0n) is 38.1. The SMILES string of the molecule is c1ccc(-n2c3ccccc3c3c4c5ccccc5n(-c5ccc(-c6c7ccccc7c(-c7ccc8c(c7)-c7ccccc7-c7ccccc7-c7ccccc7-8)c7ccccc67)cc5)c4ccc32)cc1. The van der Waals surface area contributed by atoms with Crippen LogP contribution in [0.3, 0.4) is 0 Å². The molecule has 0 bridgehead atoms. The molecule has 0 radical (unpaired) electrons. The van der Waals surface area contributed by atoms with Gasteiger partial charge in [-0.3, -0.25) is 0 Å². The second kappa shape index (κ2) is 15.1. The van der Waals surface area contributed by atoms with Gasteiger partial charge in [0, 0.05) is 32.9 Å². The lowest BCUT2D eigenvalue weighted by Crippen LogP contribution is -1.98. The van der Waals surface area contributed by atoms with E-state index in [9.17, 15) is 0 Å². The fraction of sp³-hybridized carbons (Fsp3) is 0. The molecule has 0 atom stereocenters. The zero-order chi connectivity index (χ0) is 45.9. The van der Waals surface area contributed by atoms with Gasteiger partial charge in [0.05, 0.1) is 22.1 Å². The standard InChI is InChI=1S/C68H42N2/c1-2-18-45(19-3-1)69-61-32-16-14-30-58(61)67-63(69)40-41-64-68(67)59-31-15-17-33-62(59)70(64)46-37-34-43(35-38-46)65-54-26-10-12-28-56(54)66(57-29-13-11-27-55(57)65)44-36-39-53-51-24-7-6-22-49(51)47-20-4-5-21-48(47)50-23-8-9-25-52(50)60(53)42-44/h1-42H. The summed E-state index contributed by atoms with van der Waals surface area (Å²) in [5.74, 6) is 0. The van der Waals surface area contributed by atoms with Crippen molar-refractivity contribution in [1.29, 1.82) is 0 Å². The first kappa shape index (κ1) is 38.8. The van der Waals surface area contributed by atoms with Crippen LogP contribution >= 0.6 is 0 Å². The number of nitrogens with zero attached hydrogens (tertiary/aromatic N) is 2. The summed E-state index contributed by atoms with van der Waals surface area (Å²) < 4.78 is 4.87. The van der Waals surface area contributed by atoms with Crippen LogP contribution in [0, 0.1) is 0 Å². The predicted molar refractivity (Wildman–Crippen MR) is 296 cm³/mol. The Morgan fingerprint density at radius 2 is 0.529 bits per heavy atom. The van der Waals surface area contributed by atoms with E-state index >= 15 is 0 Å². The highest BCUT2D eigenvalue weighted by Gasteiger charge is 2.25. The van der Waals surface area contributed by atoms with Gasteiger partial charge in [0.2, 0.25) is 0 Å². The van der Waals surface area contributed by atoms with Crippen LogP contribution in [0.2, 0.25) is 0 Å². The highest BCUT2D eigenvalue weighted by Crippen LogP contribution is 2.51. The number of hydrogen-bond donors (Lipinski definition) is 0. The molecule has 12 aromatic carbocycles. The minimum absolute atomic E-state index is 1.14. The predicted octanol–water partition coefficient (Wildman–Crippen LogP) is 18.5. The molecule has 2 heteroatoms. The van der Waals surface area contributed by atoms with Crippen molar-refractivity contribution in [3.05, 3.63) is 255 Å². The van der Waals surface area contributed by atoms with Gasteiger partial charge in [0.15, 0.2) is 0 Å². The summed E-state index contributed by atoms with van der Waals surface area (Å²) in [6.07, 6.45) is 0. The summed E-state index contributed by atoms with van der Waals surface area (Å²) in [5, 5.41) is 10.0. The highest BCUT2D eigenvalue weighted by atomic mass is 15.0. The first-order valence-corrected chi connectivity index (χ1v) is 24.3. The van der Waals surface area contributed by atoms with Crippen LogP contribution in [0.15, 0.2) is 255 Å². The maximum Gasteiger partial charge on any atom is 0.0548 e. The van der Waals surface area contributed by atoms with Crippen LogP contribution in [0.25, 0.3) is 143 Å². The summed E-state index contributed by atoms with van der Waals surface area (Å²) in [6.45, 7) is 0. The van der Waals surface area contributed by atoms with Crippen molar-refractivity contribution in [2.45, 2.75) is 0 Å². The van der Waals surface area contributed by atoms with E-state index in [4.69, 9.17) is 0 Å². The average Bonchev–Trinajstić information content (AvgIpc) is 3.95. The summed E-state index contributed by atoms with van der Waals surface area (Å²) in [4.78, 5) is 0. The molecule has 70 heavy (non-hydrogen) atoms. The molecule has 0 N–H and O–H groups in total. The summed E-state index contributed by atoms with van der Waals surface area (Å²) >= 11 is 0. The molecule has 2 heterocycles. The van der Waals surface area contributed by atoms with Gasteiger partial charge in [-0.15, -0.1) is 0 Å². The van der Waals surface area contributed by atoms with Crippen LogP contribution in [-0.2, 0) is 0 Å². The minimum atomic E-state index is 1.14. The van der Waals surface area contributed by atoms with Gasteiger partial charge in [-0.1, -0.05) is 200 Å². The smallest absolute Gasteiger partial charge is 0.0548 e. The molecular formula is C68H42N2. The molecule has 15 rings (SSSR count). The Morgan fingerprint density at radius 1 is 0.200 bits per heavy atom. The molecule has 0 amide bonds. The Kier molecular flexibility index (Phi) is 8.39. The second-order valence-corrected chi connectivity index (χ2v) is 18.7. The average molecular weight is 887 g/mol. The van der Waals surface area contributed by atoms with Crippen molar-refractivity contribution in [2.24, 2.45) is 0 Å². The molecule has 14 aromatic rings. The molecular weight excluding hydrogens is 845 g/mol. The Hall–Kier alpha value is -9.24. The highest BCUT2D eigenvalue weighted by molar-refractivity contribution is 6.29. The second-order valence-electron chi connectivity index (χ2n) is 18.7. The fourth-order valence-electron chi connectivity index (χ4n) is 12.2. The number of para-hydroxylation sites is 3. The number of rotatable bonds is 4. The molecule has 0 saturated carbocycles. The quantitative estimate of drug-likeness (QED) is 0.156. The molecule has 1 aliphatic rings. The molecule has 324 valence electrons. The van der Waals surface area contributed by atoms with Gasteiger partial charge in [-0.05, 0) is 143 Å². The minimum Gasteiger partial charge on any atom is -0.309 e. The Morgan fingerprint density at radius 3 is 0.986 bits per heavy atom. The Labute approximate surface area is 405 Å². The van der Waals surface area contributed by atoms with E-state index in [0.717, 1.165) is 11.4 Å². The van der Waals surface area contributed by atoms with Crippen molar-refractivity contribution in [3.8, 4) is 78.1 Å². The summed E-state index contributed by atoms with van der Waals surface area (Å²) in [5.41, 5.74) is 22.1. The van der Waals surface area contributed by atoms with Crippen LogP contribution in [0.5, 0.6) is 0 Å². The van der Waals surface area contributed by atoms with Crippen molar-refractivity contribution in [3.63, 3.8) is 0 Å². The van der Waals surface area contributed by atoms with E-state index in [-0.39, 0.29) is 0 Å². The number of hydrogen-bond acceptors (Lipinski definition) is 0. The van der Waals surface area contributed by atoms with Gasteiger partial charge in [-0.25, -0.2) is 0 Å². The monoisotopic (exact) mass is 886 g/mol. The van der Waals surface area contributed by atoms with Crippen molar-refractivity contribution in [2.75, 3.05) is 0 Å². The molecule has 0 saturated heterocycles. The van der Waals surface area contributed by atoms with E-state index in [1.54, 1.807) is 0 Å². The molecule has 0 fully saturated rings. The Bertz CT molecular complexity index is 4390. The molecule has 2 nitrogen and oxygen atoms in total. The van der Waals surface area contributed by atoms with E-state index in [2.05, 4.69) is 264 Å². The largest absolute Gasteiger partial charge is 0.309 e.